The van der Waals surface area contributed by atoms with E-state index in [-0.39, 0.29) is 22.6 Å². The third-order valence-electron chi connectivity index (χ3n) is 9.35. The number of ketones is 2. The number of amides is 2. The zero-order valence-corrected chi connectivity index (χ0v) is 31.8. The molecule has 0 aromatic heterocycles. The van der Waals surface area contributed by atoms with Crippen LogP contribution in [0.15, 0.2) is 167 Å². The highest BCUT2D eigenvalue weighted by Crippen LogP contribution is 2.34. The predicted octanol–water partition coefficient (Wildman–Crippen LogP) is 9.50. The lowest BCUT2D eigenvalue weighted by molar-refractivity contribution is -0.118. The van der Waals surface area contributed by atoms with Gasteiger partial charge in [-0.25, -0.2) is 0 Å². The van der Waals surface area contributed by atoms with Crippen LogP contribution in [0.1, 0.15) is 22.3 Å². The van der Waals surface area contributed by atoms with Crippen molar-refractivity contribution < 1.29 is 19.2 Å². The summed E-state index contributed by atoms with van der Waals surface area (Å²) >= 11 is 13.4. The second-order valence-electron chi connectivity index (χ2n) is 13.1. The van der Waals surface area contributed by atoms with E-state index in [9.17, 15) is 19.2 Å². The first kappa shape index (κ1) is 37.5. The van der Waals surface area contributed by atoms with E-state index in [0.717, 1.165) is 11.1 Å². The summed E-state index contributed by atoms with van der Waals surface area (Å²) in [4.78, 5) is 53.7. The Balaban J connectivity index is 0.988. The zero-order valence-electron chi connectivity index (χ0n) is 30.3. The molecule has 2 amide bonds. The summed E-state index contributed by atoms with van der Waals surface area (Å²) in [5, 5.41) is 15.0. The second-order valence-corrected chi connectivity index (χ2v) is 13.9. The molecule has 8 rings (SSSR count). The third kappa shape index (κ3) is 7.83. The summed E-state index contributed by atoms with van der Waals surface area (Å²) in [6.07, 6.45) is 3.12. The van der Waals surface area contributed by atoms with Crippen molar-refractivity contribution in [3.8, 4) is 11.1 Å². The van der Waals surface area contributed by atoms with Crippen LogP contribution in [0.4, 0.5) is 22.7 Å². The maximum Gasteiger partial charge on any atom is 0.259 e. The average molecular weight is 802 g/mol. The zero-order chi connectivity index (χ0) is 40.2. The van der Waals surface area contributed by atoms with Crippen molar-refractivity contribution in [2.45, 2.75) is 0 Å². The number of fused-ring (bicyclic) bond motifs is 2. The van der Waals surface area contributed by atoms with Crippen molar-refractivity contribution >= 4 is 92.9 Å². The Hall–Kier alpha value is -7.40. The molecule has 0 aliphatic heterocycles. The van der Waals surface area contributed by atoms with Crippen molar-refractivity contribution in [3.63, 3.8) is 0 Å². The predicted molar refractivity (Wildman–Crippen MR) is 231 cm³/mol. The molecule has 0 saturated carbocycles. The smallest absolute Gasteiger partial charge is 0.259 e. The molecule has 2 aliphatic carbocycles. The van der Waals surface area contributed by atoms with Gasteiger partial charge in [-0.2, -0.15) is 10.2 Å². The number of hydrogen-bond acceptors (Lipinski definition) is 8. The third-order valence-corrected chi connectivity index (χ3v) is 9.98. The largest absolute Gasteiger partial charge is 0.322 e. The van der Waals surface area contributed by atoms with E-state index >= 15 is 0 Å². The van der Waals surface area contributed by atoms with E-state index in [1.807, 2.05) is 48.5 Å². The summed E-state index contributed by atoms with van der Waals surface area (Å²) in [6.45, 7) is 0. The van der Waals surface area contributed by atoms with E-state index in [1.165, 1.54) is 0 Å². The van der Waals surface area contributed by atoms with Crippen molar-refractivity contribution in [1.82, 2.24) is 0 Å². The summed E-state index contributed by atoms with van der Waals surface area (Å²) in [7, 11) is 0. The molecule has 0 saturated heterocycles. The summed E-state index contributed by atoms with van der Waals surface area (Å²) in [5.41, 5.74) is 11.8. The van der Waals surface area contributed by atoms with Gasteiger partial charge >= 0.3 is 0 Å². The molecule has 0 heterocycles. The first-order valence-electron chi connectivity index (χ1n) is 17.9. The Kier molecular flexibility index (Phi) is 10.6. The van der Waals surface area contributed by atoms with Crippen LogP contribution in [0.25, 0.3) is 23.3 Å². The number of Topliss-reactive ketones (excluding diaryl/α,β-unsaturated/α-hetero) is 2. The van der Waals surface area contributed by atoms with Gasteiger partial charge in [0.05, 0.1) is 32.6 Å². The number of anilines is 4. The number of hydrazone groups is 2. The minimum Gasteiger partial charge on any atom is -0.322 e. The van der Waals surface area contributed by atoms with Gasteiger partial charge in [-0.3, -0.25) is 30.0 Å². The van der Waals surface area contributed by atoms with Gasteiger partial charge in [0.1, 0.15) is 11.4 Å². The summed E-state index contributed by atoms with van der Waals surface area (Å²) in [5.74, 6) is -2.17. The van der Waals surface area contributed by atoms with Gasteiger partial charge in [-0.15, -0.1) is 0 Å². The molecule has 2 aliphatic rings. The number of nitrogens with one attached hydrogen (secondary N) is 4. The Morgan fingerprint density at radius 3 is 1.24 bits per heavy atom. The molecule has 0 spiro atoms. The monoisotopic (exact) mass is 800 g/mol. The van der Waals surface area contributed by atoms with E-state index < -0.39 is 23.4 Å². The maximum absolute atomic E-state index is 13.6. The van der Waals surface area contributed by atoms with Crippen LogP contribution < -0.4 is 21.5 Å². The molecule has 10 nitrogen and oxygen atoms in total. The Morgan fingerprint density at radius 1 is 0.466 bits per heavy atom. The molecule has 282 valence electrons. The fourth-order valence-electron chi connectivity index (χ4n) is 6.42. The van der Waals surface area contributed by atoms with E-state index in [4.69, 9.17) is 23.2 Å². The van der Waals surface area contributed by atoms with Gasteiger partial charge < -0.3 is 10.6 Å². The molecule has 4 N–H and O–H groups in total. The lowest BCUT2D eigenvalue weighted by Crippen LogP contribution is -2.30. The molecule has 12 heteroatoms. The molecule has 58 heavy (non-hydrogen) atoms. The van der Waals surface area contributed by atoms with Crippen LogP contribution in [0.3, 0.4) is 0 Å². The Morgan fingerprint density at radius 2 is 0.845 bits per heavy atom. The molecular formula is C46H30Cl2N6O4. The number of rotatable bonds is 9. The first-order chi connectivity index (χ1) is 28.2. The van der Waals surface area contributed by atoms with Crippen molar-refractivity contribution in [3.05, 3.63) is 189 Å². The lowest BCUT2D eigenvalue weighted by Gasteiger charge is -2.18. The number of halogens is 2. The highest BCUT2D eigenvalue weighted by molar-refractivity contribution is 6.60. The fraction of sp³-hybridized carbons (Fsp3) is 0. The molecular weight excluding hydrogens is 771 g/mol. The summed E-state index contributed by atoms with van der Waals surface area (Å²) < 4.78 is 0. The highest BCUT2D eigenvalue weighted by Gasteiger charge is 2.31. The standard InChI is InChI=1S/C46H30Cl2N6O4/c47-37-25-27(19-21-39(37)51-53-41-33-17-9-7-11-29(33)23-35(43(41)55)45(57)49-31-13-3-1-4-14-31)28-20-22-40(38(48)26-28)52-54-42-34-18-10-8-12-30(34)24-36(44(42)56)46(58)50-32-15-5-2-6-16-32/h1-26,51-52H,(H,49,57)(H,50,58). The van der Waals surface area contributed by atoms with Crippen LogP contribution in [0.2, 0.25) is 10.0 Å². The van der Waals surface area contributed by atoms with Gasteiger partial charge in [0.15, 0.2) is 0 Å². The molecule has 6 aromatic carbocycles. The van der Waals surface area contributed by atoms with Gasteiger partial charge in [-0.1, -0.05) is 120 Å². The molecule has 0 atom stereocenters. The minimum absolute atomic E-state index is 0.0475. The minimum atomic E-state index is -0.546. The molecule has 0 unspecified atom stereocenters. The Bertz CT molecular complexity index is 2590. The number of nitrogens with zero attached hydrogens (tertiary/aromatic N) is 2. The van der Waals surface area contributed by atoms with Crippen LogP contribution in [-0.2, 0) is 19.2 Å². The van der Waals surface area contributed by atoms with Crippen LogP contribution in [-0.4, -0.2) is 34.8 Å². The number of hydrogen-bond donors (Lipinski definition) is 4. The molecule has 0 radical (unpaired) electrons. The lowest BCUT2D eigenvalue weighted by atomic mass is 9.89. The number of para-hydroxylation sites is 2. The van der Waals surface area contributed by atoms with Gasteiger partial charge in [-0.05, 0) is 82.9 Å². The van der Waals surface area contributed by atoms with Crippen LogP contribution in [0, 0.1) is 0 Å². The quantitative estimate of drug-likeness (QED) is 0.0848. The van der Waals surface area contributed by atoms with Gasteiger partial charge in [0.2, 0.25) is 11.6 Å². The molecule has 6 aromatic rings. The number of benzene rings is 6. The second kappa shape index (κ2) is 16.4. The first-order valence-corrected chi connectivity index (χ1v) is 18.7. The van der Waals surface area contributed by atoms with Crippen LogP contribution >= 0.6 is 23.2 Å². The maximum atomic E-state index is 13.6. The number of carbonyl (C=O) groups excluding carboxylic acids is 4. The molecule has 0 fully saturated rings. The van der Waals surface area contributed by atoms with E-state index in [1.54, 1.807) is 109 Å². The van der Waals surface area contributed by atoms with Crippen molar-refractivity contribution in [2.75, 3.05) is 21.5 Å². The number of carbonyl (C=O) groups is 4. The Labute approximate surface area is 342 Å². The van der Waals surface area contributed by atoms with Crippen molar-refractivity contribution in [2.24, 2.45) is 10.2 Å². The normalized spacial score (nSPS) is 14.5. The molecule has 0 bridgehead atoms. The van der Waals surface area contributed by atoms with Crippen molar-refractivity contribution in [1.29, 1.82) is 0 Å². The highest BCUT2D eigenvalue weighted by atomic mass is 35.5. The topological polar surface area (TPSA) is 141 Å². The van der Waals surface area contributed by atoms with Gasteiger partial charge in [0.25, 0.3) is 11.8 Å². The van der Waals surface area contributed by atoms with Gasteiger partial charge in [0, 0.05) is 22.5 Å². The fourth-order valence-corrected chi connectivity index (χ4v) is 6.87. The van der Waals surface area contributed by atoms with E-state index in [0.29, 0.717) is 55.0 Å². The van der Waals surface area contributed by atoms with Crippen LogP contribution in [0.5, 0.6) is 0 Å². The summed E-state index contributed by atoms with van der Waals surface area (Å²) in [6, 6.07) is 42.7. The SMILES string of the molecule is O=C(Nc1ccccc1)C1=Cc2ccccc2C(=NNc2ccc(-c3ccc(NN=C4C(=O)C(C(=O)Nc5ccccc5)=Cc5ccccc54)c(Cl)c3)cc2Cl)C1=O. The van der Waals surface area contributed by atoms with E-state index in [2.05, 4.69) is 31.7 Å². The average Bonchev–Trinajstić information content (AvgIpc) is 3.24.